The molecule has 1 saturated heterocycles. The summed E-state index contributed by atoms with van der Waals surface area (Å²) in [6, 6.07) is 1.04. The molecule has 0 radical (unpaired) electrons. The van der Waals surface area contributed by atoms with Gasteiger partial charge in [-0.1, -0.05) is 0 Å². The van der Waals surface area contributed by atoms with E-state index in [-0.39, 0.29) is 30.1 Å². The van der Waals surface area contributed by atoms with Gasteiger partial charge in [0, 0.05) is 11.3 Å². The lowest BCUT2D eigenvalue weighted by molar-refractivity contribution is -0.767. The molecule has 1 fully saturated rings. The highest BCUT2D eigenvalue weighted by Crippen LogP contribution is 2.39. The SMILES string of the molecule is Nc1cc[n+](CC2=C(C(=O)O)N3C(=O)[C@@H](N)[C@@H]3SC2)n1CCO. The monoisotopic (exact) mass is 340 g/mol. The number of nitrogens with two attached hydrogens (primary N) is 2. The second-order valence-corrected chi connectivity index (χ2v) is 6.48. The molecule has 0 aromatic carbocycles. The molecule has 0 aliphatic carbocycles. The van der Waals surface area contributed by atoms with Crippen molar-refractivity contribution in [2.24, 2.45) is 5.73 Å². The highest BCUT2D eigenvalue weighted by molar-refractivity contribution is 8.00. The molecule has 1 amide bonds. The highest BCUT2D eigenvalue weighted by atomic mass is 32.2. The first-order valence-corrected chi connectivity index (χ1v) is 8.11. The number of thioether (sulfide) groups is 1. The van der Waals surface area contributed by atoms with Crippen LogP contribution in [0.5, 0.6) is 0 Å². The maximum atomic E-state index is 11.9. The van der Waals surface area contributed by atoms with Gasteiger partial charge in [0.2, 0.25) is 5.91 Å². The molecule has 6 N–H and O–H groups in total. The second kappa shape index (κ2) is 5.87. The van der Waals surface area contributed by atoms with E-state index in [4.69, 9.17) is 16.6 Å². The van der Waals surface area contributed by atoms with Crippen LogP contribution >= 0.6 is 11.8 Å². The minimum absolute atomic E-state index is 0.00303. The molecule has 10 heteroatoms. The number of amides is 1. The van der Waals surface area contributed by atoms with Crippen LogP contribution in [0.15, 0.2) is 23.5 Å². The number of rotatable bonds is 5. The predicted molar refractivity (Wildman–Crippen MR) is 81.9 cm³/mol. The number of carboxylic acids is 1. The largest absolute Gasteiger partial charge is 0.477 e. The van der Waals surface area contributed by atoms with E-state index in [1.165, 1.54) is 16.7 Å². The Morgan fingerprint density at radius 2 is 2.26 bits per heavy atom. The fourth-order valence-corrected chi connectivity index (χ4v) is 4.15. The molecule has 9 nitrogen and oxygen atoms in total. The Morgan fingerprint density at radius 3 is 2.91 bits per heavy atom. The van der Waals surface area contributed by atoms with E-state index in [1.54, 1.807) is 21.6 Å². The van der Waals surface area contributed by atoms with Gasteiger partial charge in [0.1, 0.15) is 23.7 Å². The summed E-state index contributed by atoms with van der Waals surface area (Å²) in [5.41, 5.74) is 12.2. The van der Waals surface area contributed by atoms with E-state index in [0.29, 0.717) is 23.7 Å². The molecule has 124 valence electrons. The number of aliphatic carboxylic acids is 1. The van der Waals surface area contributed by atoms with Crippen molar-refractivity contribution >= 4 is 29.5 Å². The third-order valence-electron chi connectivity index (χ3n) is 3.98. The van der Waals surface area contributed by atoms with Crippen molar-refractivity contribution in [2.45, 2.75) is 24.5 Å². The number of aliphatic hydroxyl groups is 1. The molecule has 0 spiro atoms. The average molecular weight is 340 g/mol. The zero-order valence-electron chi connectivity index (χ0n) is 12.3. The van der Waals surface area contributed by atoms with Gasteiger partial charge in [-0.05, 0) is 0 Å². The number of carboxylic acid groups (broad SMARTS) is 1. The number of aliphatic hydroxyl groups excluding tert-OH is 1. The summed E-state index contributed by atoms with van der Waals surface area (Å²) in [5, 5.41) is 18.3. The van der Waals surface area contributed by atoms with E-state index in [0.717, 1.165) is 0 Å². The van der Waals surface area contributed by atoms with Crippen molar-refractivity contribution < 1.29 is 24.5 Å². The van der Waals surface area contributed by atoms with Crippen molar-refractivity contribution in [3.8, 4) is 0 Å². The van der Waals surface area contributed by atoms with Crippen LogP contribution in [0.2, 0.25) is 0 Å². The number of fused-ring (bicyclic) bond motifs is 1. The van der Waals surface area contributed by atoms with Crippen LogP contribution in [0.1, 0.15) is 0 Å². The first-order chi connectivity index (χ1) is 11.0. The molecular weight excluding hydrogens is 322 g/mol. The van der Waals surface area contributed by atoms with Gasteiger partial charge in [-0.25, -0.2) is 4.79 Å². The Hall–Kier alpha value is -2.04. The molecule has 0 bridgehead atoms. The fraction of sp³-hybridized carbons (Fsp3) is 0.462. The summed E-state index contributed by atoms with van der Waals surface area (Å²) in [5.74, 6) is -0.562. The Kier molecular flexibility index (Phi) is 4.04. The average Bonchev–Trinajstić information content (AvgIpc) is 2.87. The van der Waals surface area contributed by atoms with Gasteiger partial charge < -0.3 is 21.7 Å². The van der Waals surface area contributed by atoms with E-state index < -0.39 is 12.0 Å². The molecule has 2 aliphatic rings. The number of nitrogen functional groups attached to an aromatic ring is 1. The van der Waals surface area contributed by atoms with E-state index >= 15 is 0 Å². The Balaban J connectivity index is 1.94. The normalized spacial score (nSPS) is 23.7. The van der Waals surface area contributed by atoms with E-state index in [2.05, 4.69) is 0 Å². The van der Waals surface area contributed by atoms with Crippen molar-refractivity contribution in [1.82, 2.24) is 9.58 Å². The van der Waals surface area contributed by atoms with Crippen molar-refractivity contribution in [1.29, 1.82) is 0 Å². The molecule has 2 atom stereocenters. The van der Waals surface area contributed by atoms with E-state index in [1.807, 2.05) is 0 Å². The number of hydrogen-bond acceptors (Lipinski definition) is 6. The summed E-state index contributed by atoms with van der Waals surface area (Å²) < 4.78 is 3.39. The molecular formula is C13H18N5O4S+. The smallest absolute Gasteiger partial charge is 0.352 e. The summed E-state index contributed by atoms with van der Waals surface area (Å²) >= 11 is 1.46. The molecule has 23 heavy (non-hydrogen) atoms. The Labute approximate surface area is 136 Å². The maximum absolute atomic E-state index is 11.9. The number of β-lactam (4-membered cyclic amide) rings is 1. The molecule has 1 aromatic heterocycles. The zero-order chi connectivity index (χ0) is 16.7. The quantitative estimate of drug-likeness (QED) is 0.357. The second-order valence-electron chi connectivity index (χ2n) is 5.38. The number of carbonyl (C=O) groups excluding carboxylic acids is 1. The standard InChI is InChI=1S/C13H17N5O4S/c14-8-1-2-16(17(8)3-4-19)5-7-6-23-12-9(15)11(20)18(12)10(7)13(21)22/h1-2,9,12,14,19H,3-6,15H2,(H,21,22)/p+1/t9-,12+/m1/s1. The van der Waals surface area contributed by atoms with Crippen LogP contribution in [0.3, 0.4) is 0 Å². The number of carbonyl (C=O) groups is 2. The van der Waals surface area contributed by atoms with Gasteiger partial charge in [-0.15, -0.1) is 21.1 Å². The van der Waals surface area contributed by atoms with E-state index in [9.17, 15) is 14.7 Å². The van der Waals surface area contributed by atoms with Gasteiger partial charge in [-0.2, -0.15) is 0 Å². The lowest BCUT2D eigenvalue weighted by atomic mass is 10.0. The third-order valence-corrected chi connectivity index (χ3v) is 5.34. The molecule has 0 unspecified atom stereocenters. The number of anilines is 1. The molecule has 2 aliphatic heterocycles. The van der Waals surface area contributed by atoms with Gasteiger partial charge in [0.25, 0.3) is 0 Å². The highest BCUT2D eigenvalue weighted by Gasteiger charge is 2.52. The zero-order valence-corrected chi connectivity index (χ0v) is 13.1. The number of nitrogens with zero attached hydrogens (tertiary/aromatic N) is 3. The van der Waals surface area contributed by atoms with Crippen LogP contribution in [0.4, 0.5) is 5.82 Å². The van der Waals surface area contributed by atoms with Gasteiger partial charge >= 0.3 is 5.97 Å². The first-order valence-electron chi connectivity index (χ1n) is 7.07. The lowest BCUT2D eigenvalue weighted by Gasteiger charge is -2.47. The van der Waals surface area contributed by atoms with Gasteiger partial charge in [-0.3, -0.25) is 9.69 Å². The third kappa shape index (κ3) is 2.48. The van der Waals surface area contributed by atoms with Crippen molar-refractivity contribution in [3.63, 3.8) is 0 Å². The topological polar surface area (TPSA) is 139 Å². The van der Waals surface area contributed by atoms with Crippen molar-refractivity contribution in [3.05, 3.63) is 23.5 Å². The Morgan fingerprint density at radius 1 is 1.52 bits per heavy atom. The summed E-state index contributed by atoms with van der Waals surface area (Å²) in [7, 11) is 0. The fourth-order valence-electron chi connectivity index (χ4n) is 2.86. The Bertz CT molecular complexity index is 701. The molecule has 3 rings (SSSR count). The summed E-state index contributed by atoms with van der Waals surface area (Å²) in [6.07, 6.45) is 1.72. The van der Waals surface area contributed by atoms with Crippen LogP contribution < -0.4 is 16.1 Å². The lowest BCUT2D eigenvalue weighted by Crippen LogP contribution is -2.68. The summed E-state index contributed by atoms with van der Waals surface area (Å²) in [4.78, 5) is 24.8. The van der Waals surface area contributed by atoms with Gasteiger partial charge in [0.15, 0.2) is 18.6 Å². The first kappa shape index (κ1) is 15.8. The molecule has 3 heterocycles. The van der Waals surface area contributed by atoms with Crippen LogP contribution in [-0.4, -0.2) is 55.4 Å². The van der Waals surface area contributed by atoms with Gasteiger partial charge in [0.05, 0.1) is 12.7 Å². The van der Waals surface area contributed by atoms with Crippen molar-refractivity contribution in [2.75, 3.05) is 18.1 Å². The number of hydrogen-bond donors (Lipinski definition) is 4. The minimum atomic E-state index is -1.14. The minimum Gasteiger partial charge on any atom is -0.477 e. The predicted octanol–water partition coefficient (Wildman–Crippen LogP) is -2.07. The molecule has 0 saturated carbocycles. The maximum Gasteiger partial charge on any atom is 0.352 e. The molecule has 1 aromatic rings. The number of aromatic nitrogens is 2. The van der Waals surface area contributed by atoms with Crippen LogP contribution in [-0.2, 0) is 22.7 Å². The summed E-state index contributed by atoms with van der Waals surface area (Å²) in [6.45, 7) is 0.495. The van der Waals surface area contributed by atoms with Crippen LogP contribution in [0.25, 0.3) is 0 Å². The van der Waals surface area contributed by atoms with Crippen LogP contribution in [0, 0.1) is 0 Å².